The van der Waals surface area contributed by atoms with Crippen LogP contribution in [0, 0.1) is 0 Å². The van der Waals surface area contributed by atoms with Crippen LogP contribution in [-0.4, -0.2) is 15.0 Å². The molecule has 11 rings (SSSR count). The first-order chi connectivity index (χ1) is 25.3. The molecule has 0 amide bonds. The molecule has 2 aromatic heterocycles. The number of hydrogen-bond donors (Lipinski definition) is 0. The molecule has 0 radical (unpaired) electrons. The quantitative estimate of drug-likeness (QED) is 0.188. The van der Waals surface area contributed by atoms with E-state index in [1.165, 1.54) is 58.6 Å². The van der Waals surface area contributed by atoms with Crippen molar-refractivity contribution in [3.8, 4) is 67.5 Å². The average Bonchev–Trinajstić information content (AvgIpc) is 3.75. The molecular weight excluding hydrogens is 639 g/mol. The summed E-state index contributed by atoms with van der Waals surface area (Å²) < 4.78 is 2.46. The number of fused-ring (bicyclic) bond motifs is 8. The van der Waals surface area contributed by atoms with Crippen LogP contribution >= 0.6 is 11.3 Å². The number of rotatable bonds is 4. The topological polar surface area (TPSA) is 38.7 Å². The standard InChI is InChI=1S/C47H27N3S/c1-3-13-28(14-4-1)39-26-31(25-30-17-7-8-18-32(30)39)46-48-45(29-15-5-2-6-16-29)49-47(50-46)38-24-12-23-37-43-36-22-11-21-35-33-19-9-10-20-34(33)40(42(35)36)27-41(43)51-44(37)38/h1-27H. The number of nitrogens with zero attached hydrogens (tertiary/aromatic N) is 3. The second-order valence-electron chi connectivity index (χ2n) is 13.1. The van der Waals surface area contributed by atoms with E-state index < -0.39 is 0 Å². The molecular formula is C47H27N3S. The van der Waals surface area contributed by atoms with Gasteiger partial charge in [0, 0.05) is 36.9 Å². The summed E-state index contributed by atoms with van der Waals surface area (Å²) in [6.45, 7) is 0. The molecule has 0 saturated carbocycles. The average molecular weight is 666 g/mol. The Morgan fingerprint density at radius 3 is 1.73 bits per heavy atom. The minimum atomic E-state index is 0.656. The largest absolute Gasteiger partial charge is 0.208 e. The van der Waals surface area contributed by atoms with Crippen molar-refractivity contribution in [3.05, 3.63) is 164 Å². The van der Waals surface area contributed by atoms with Crippen LogP contribution in [0.4, 0.5) is 0 Å². The molecule has 0 spiro atoms. The van der Waals surface area contributed by atoms with Crippen molar-refractivity contribution in [2.75, 3.05) is 0 Å². The van der Waals surface area contributed by atoms with E-state index in [1.807, 2.05) is 29.5 Å². The first kappa shape index (κ1) is 28.4. The highest BCUT2D eigenvalue weighted by molar-refractivity contribution is 7.26. The summed E-state index contributed by atoms with van der Waals surface area (Å²) >= 11 is 1.83. The Morgan fingerprint density at radius 2 is 0.922 bits per heavy atom. The molecule has 0 fully saturated rings. The van der Waals surface area contributed by atoms with Crippen LogP contribution in [0.2, 0.25) is 0 Å². The van der Waals surface area contributed by atoms with Gasteiger partial charge in [0.1, 0.15) is 0 Å². The van der Waals surface area contributed by atoms with Crippen LogP contribution in [0.1, 0.15) is 0 Å². The fraction of sp³-hybridized carbons (Fsp3) is 0. The lowest BCUT2D eigenvalue weighted by Crippen LogP contribution is -2.00. The highest BCUT2D eigenvalue weighted by Crippen LogP contribution is 2.52. The Hall–Kier alpha value is -6.49. The molecule has 0 saturated heterocycles. The van der Waals surface area contributed by atoms with Gasteiger partial charge in [0.25, 0.3) is 0 Å². The van der Waals surface area contributed by atoms with Gasteiger partial charge in [0.15, 0.2) is 17.5 Å². The minimum absolute atomic E-state index is 0.656. The molecule has 3 nitrogen and oxygen atoms in total. The molecule has 236 valence electrons. The van der Waals surface area contributed by atoms with Crippen LogP contribution in [0.3, 0.4) is 0 Å². The predicted octanol–water partition coefficient (Wildman–Crippen LogP) is 12.9. The minimum Gasteiger partial charge on any atom is -0.208 e. The van der Waals surface area contributed by atoms with E-state index in [0.29, 0.717) is 17.5 Å². The van der Waals surface area contributed by atoms with E-state index in [1.54, 1.807) is 0 Å². The van der Waals surface area contributed by atoms with Gasteiger partial charge in [-0.1, -0.05) is 140 Å². The van der Waals surface area contributed by atoms with Crippen molar-refractivity contribution < 1.29 is 0 Å². The lowest BCUT2D eigenvalue weighted by Gasteiger charge is -2.12. The van der Waals surface area contributed by atoms with E-state index in [0.717, 1.165) is 33.2 Å². The fourth-order valence-corrected chi connectivity index (χ4v) is 9.24. The molecule has 0 unspecified atom stereocenters. The summed E-state index contributed by atoms with van der Waals surface area (Å²) in [5.41, 5.74) is 10.5. The van der Waals surface area contributed by atoms with Crippen LogP contribution in [0.25, 0.3) is 109 Å². The summed E-state index contributed by atoms with van der Waals surface area (Å²) in [6, 6.07) is 58.3. The van der Waals surface area contributed by atoms with Gasteiger partial charge in [-0.25, -0.2) is 15.0 Å². The van der Waals surface area contributed by atoms with Crippen molar-refractivity contribution in [1.82, 2.24) is 15.0 Å². The van der Waals surface area contributed by atoms with Gasteiger partial charge in [0.2, 0.25) is 0 Å². The molecule has 4 heteroatoms. The van der Waals surface area contributed by atoms with Crippen LogP contribution in [0.15, 0.2) is 164 Å². The van der Waals surface area contributed by atoms with Gasteiger partial charge in [-0.3, -0.25) is 0 Å². The third-order valence-electron chi connectivity index (χ3n) is 10.2. The van der Waals surface area contributed by atoms with E-state index in [2.05, 4.69) is 146 Å². The zero-order chi connectivity index (χ0) is 33.5. The maximum atomic E-state index is 5.28. The second kappa shape index (κ2) is 11.0. The van der Waals surface area contributed by atoms with Crippen molar-refractivity contribution in [3.63, 3.8) is 0 Å². The predicted molar refractivity (Wildman–Crippen MR) is 214 cm³/mol. The lowest BCUT2D eigenvalue weighted by molar-refractivity contribution is 1.08. The van der Waals surface area contributed by atoms with E-state index in [4.69, 9.17) is 15.0 Å². The molecule has 10 aromatic rings. The fourth-order valence-electron chi connectivity index (χ4n) is 7.97. The first-order valence-corrected chi connectivity index (χ1v) is 18.0. The molecule has 0 aliphatic heterocycles. The lowest BCUT2D eigenvalue weighted by atomic mass is 9.95. The summed E-state index contributed by atoms with van der Waals surface area (Å²) in [4.78, 5) is 15.6. The van der Waals surface area contributed by atoms with Crippen LogP contribution in [0.5, 0.6) is 0 Å². The Labute approximate surface area is 298 Å². The summed E-state index contributed by atoms with van der Waals surface area (Å²) in [6.07, 6.45) is 0. The molecule has 0 bridgehead atoms. The maximum absolute atomic E-state index is 5.28. The maximum Gasteiger partial charge on any atom is 0.165 e. The van der Waals surface area contributed by atoms with Crippen LogP contribution in [-0.2, 0) is 0 Å². The Morgan fingerprint density at radius 1 is 0.333 bits per heavy atom. The number of benzene rings is 8. The van der Waals surface area contributed by atoms with Crippen molar-refractivity contribution in [2.24, 2.45) is 0 Å². The Balaban J connectivity index is 1.17. The number of thiophene rings is 1. The highest BCUT2D eigenvalue weighted by Gasteiger charge is 2.25. The summed E-state index contributed by atoms with van der Waals surface area (Å²) in [5, 5.41) is 7.51. The van der Waals surface area contributed by atoms with E-state index in [-0.39, 0.29) is 0 Å². The van der Waals surface area contributed by atoms with Gasteiger partial charge in [0.05, 0.1) is 0 Å². The third-order valence-corrected chi connectivity index (χ3v) is 11.4. The van der Waals surface area contributed by atoms with Gasteiger partial charge < -0.3 is 0 Å². The molecule has 0 atom stereocenters. The third kappa shape index (κ3) is 4.33. The van der Waals surface area contributed by atoms with Gasteiger partial charge in [-0.05, 0) is 79.2 Å². The van der Waals surface area contributed by atoms with Gasteiger partial charge in [-0.15, -0.1) is 11.3 Å². The Kier molecular flexibility index (Phi) is 6.12. The van der Waals surface area contributed by atoms with E-state index >= 15 is 0 Å². The molecule has 1 aliphatic rings. The molecule has 2 heterocycles. The number of aromatic nitrogens is 3. The number of hydrogen-bond acceptors (Lipinski definition) is 4. The zero-order valence-corrected chi connectivity index (χ0v) is 28.2. The van der Waals surface area contributed by atoms with Crippen molar-refractivity contribution in [2.45, 2.75) is 0 Å². The summed E-state index contributed by atoms with van der Waals surface area (Å²) in [7, 11) is 0. The monoisotopic (exact) mass is 665 g/mol. The van der Waals surface area contributed by atoms with Crippen molar-refractivity contribution in [1.29, 1.82) is 0 Å². The molecule has 0 N–H and O–H groups in total. The molecule has 8 aromatic carbocycles. The van der Waals surface area contributed by atoms with Gasteiger partial charge in [-0.2, -0.15) is 0 Å². The smallest absolute Gasteiger partial charge is 0.165 e. The van der Waals surface area contributed by atoms with Crippen LogP contribution < -0.4 is 0 Å². The van der Waals surface area contributed by atoms with E-state index in [9.17, 15) is 0 Å². The zero-order valence-electron chi connectivity index (χ0n) is 27.3. The SMILES string of the molecule is c1ccc(-c2nc(-c3cc(-c4ccccc4)c4ccccc4c3)nc(-c3cccc4c3sc3cc5c6c(cccc6c34)-c3ccccc3-5)n2)cc1. The first-order valence-electron chi connectivity index (χ1n) is 17.2. The van der Waals surface area contributed by atoms with Gasteiger partial charge >= 0.3 is 0 Å². The normalized spacial score (nSPS) is 11.9. The summed E-state index contributed by atoms with van der Waals surface area (Å²) in [5.74, 6) is 1.99. The second-order valence-corrected chi connectivity index (χ2v) is 14.2. The highest BCUT2D eigenvalue weighted by atomic mass is 32.1. The molecule has 51 heavy (non-hydrogen) atoms. The van der Waals surface area contributed by atoms with Crippen molar-refractivity contribution >= 4 is 53.1 Å². The molecule has 1 aliphatic carbocycles. The Bertz CT molecular complexity index is 3020.